The van der Waals surface area contributed by atoms with Gasteiger partial charge in [-0.2, -0.15) is 0 Å². The fourth-order valence-electron chi connectivity index (χ4n) is 1.50. The number of anilines is 2. The minimum absolute atomic E-state index is 0.232. The normalized spacial score (nSPS) is 12.4. The third-order valence-corrected chi connectivity index (χ3v) is 3.56. The summed E-state index contributed by atoms with van der Waals surface area (Å²) in [4.78, 5) is 6.83. The van der Waals surface area contributed by atoms with Crippen LogP contribution in [0.25, 0.3) is 0 Å². The van der Waals surface area contributed by atoms with Gasteiger partial charge in [0, 0.05) is 16.0 Å². The van der Waals surface area contributed by atoms with E-state index in [1.807, 2.05) is 12.1 Å². The van der Waals surface area contributed by atoms with Crippen molar-refractivity contribution in [2.24, 2.45) is 0 Å². The molecule has 4 heteroatoms. The number of hydrogen-bond acceptors (Lipinski definition) is 4. The third-order valence-electron chi connectivity index (χ3n) is 2.38. The van der Waals surface area contributed by atoms with Gasteiger partial charge in [0.25, 0.3) is 0 Å². The van der Waals surface area contributed by atoms with Gasteiger partial charge in [0.1, 0.15) is 5.82 Å². The molecule has 2 heterocycles. The number of nitrogens with two attached hydrogens (primary N) is 1. The predicted octanol–water partition coefficient (Wildman–Crippen LogP) is 3.21. The second kappa shape index (κ2) is 4.53. The molecule has 0 spiro atoms. The van der Waals surface area contributed by atoms with Crippen molar-refractivity contribution in [1.29, 1.82) is 0 Å². The van der Waals surface area contributed by atoms with Crippen LogP contribution in [0.15, 0.2) is 30.5 Å². The van der Waals surface area contributed by atoms with Gasteiger partial charge < -0.3 is 11.1 Å². The van der Waals surface area contributed by atoms with Crippen LogP contribution in [0.4, 0.5) is 11.5 Å². The summed E-state index contributed by atoms with van der Waals surface area (Å²) in [5, 5.41) is 3.31. The summed E-state index contributed by atoms with van der Waals surface area (Å²) in [6.45, 7) is 4.22. The summed E-state index contributed by atoms with van der Waals surface area (Å²) in [5.74, 6) is 0.751. The maximum absolute atomic E-state index is 5.83. The molecule has 0 bridgehead atoms. The van der Waals surface area contributed by atoms with Gasteiger partial charge in [-0.1, -0.05) is 0 Å². The number of aryl methyl sites for hydroxylation is 1. The highest BCUT2D eigenvalue weighted by Crippen LogP contribution is 2.26. The molecule has 3 nitrogen and oxygen atoms in total. The molecule has 3 N–H and O–H groups in total. The summed E-state index contributed by atoms with van der Waals surface area (Å²) >= 11 is 1.79. The molecule has 2 aromatic heterocycles. The van der Waals surface area contributed by atoms with Crippen molar-refractivity contribution >= 4 is 22.8 Å². The molecule has 0 aliphatic carbocycles. The number of pyridine rings is 1. The number of nitrogens with zero attached hydrogens (tertiary/aromatic N) is 1. The van der Waals surface area contributed by atoms with E-state index < -0.39 is 0 Å². The van der Waals surface area contributed by atoms with E-state index in [2.05, 4.69) is 36.3 Å². The SMILES string of the molecule is Cc1ccc(C(C)Nc2ncccc2N)s1. The van der Waals surface area contributed by atoms with Crippen LogP contribution in [0.3, 0.4) is 0 Å². The molecule has 2 rings (SSSR count). The Labute approximate surface area is 99.3 Å². The number of rotatable bonds is 3. The van der Waals surface area contributed by atoms with Gasteiger partial charge in [-0.15, -0.1) is 11.3 Å². The van der Waals surface area contributed by atoms with Crippen LogP contribution in [-0.2, 0) is 0 Å². The molecular formula is C12H15N3S. The fraction of sp³-hybridized carbons (Fsp3) is 0.250. The Morgan fingerprint density at radius 1 is 1.38 bits per heavy atom. The molecule has 0 aliphatic rings. The molecule has 0 saturated heterocycles. The molecule has 0 radical (unpaired) electrons. The molecular weight excluding hydrogens is 218 g/mol. The molecule has 16 heavy (non-hydrogen) atoms. The van der Waals surface area contributed by atoms with E-state index in [1.165, 1.54) is 9.75 Å². The van der Waals surface area contributed by atoms with Crippen molar-refractivity contribution in [2.75, 3.05) is 11.1 Å². The molecule has 1 atom stereocenters. The zero-order valence-electron chi connectivity index (χ0n) is 9.40. The Kier molecular flexibility index (Phi) is 3.10. The molecule has 0 aromatic carbocycles. The fourth-order valence-corrected chi connectivity index (χ4v) is 2.38. The van der Waals surface area contributed by atoms with E-state index in [0.29, 0.717) is 5.69 Å². The first kappa shape index (κ1) is 11.0. The highest BCUT2D eigenvalue weighted by atomic mass is 32.1. The first-order valence-corrected chi connectivity index (χ1v) is 6.02. The number of nitrogen functional groups attached to an aromatic ring is 1. The Morgan fingerprint density at radius 2 is 2.19 bits per heavy atom. The summed E-state index contributed by atoms with van der Waals surface area (Å²) in [6, 6.07) is 8.18. The zero-order chi connectivity index (χ0) is 11.5. The standard InChI is InChI=1S/C12H15N3S/c1-8-5-6-11(16-8)9(2)15-12-10(13)4-3-7-14-12/h3-7,9H,13H2,1-2H3,(H,14,15). The second-order valence-corrected chi connectivity index (χ2v) is 5.08. The van der Waals surface area contributed by atoms with Gasteiger partial charge in [-0.25, -0.2) is 4.98 Å². The summed E-state index contributed by atoms with van der Waals surface area (Å²) < 4.78 is 0. The Morgan fingerprint density at radius 3 is 2.81 bits per heavy atom. The summed E-state index contributed by atoms with van der Waals surface area (Å²) in [7, 11) is 0. The van der Waals surface area contributed by atoms with Gasteiger partial charge >= 0.3 is 0 Å². The average Bonchev–Trinajstić information content (AvgIpc) is 2.68. The van der Waals surface area contributed by atoms with Crippen molar-refractivity contribution in [3.63, 3.8) is 0 Å². The predicted molar refractivity (Wildman–Crippen MR) is 69.7 cm³/mol. The highest BCUT2D eigenvalue weighted by molar-refractivity contribution is 7.12. The smallest absolute Gasteiger partial charge is 0.149 e. The monoisotopic (exact) mass is 233 g/mol. The first-order valence-electron chi connectivity index (χ1n) is 5.20. The van der Waals surface area contributed by atoms with Crippen LogP contribution < -0.4 is 11.1 Å². The van der Waals surface area contributed by atoms with Crippen molar-refractivity contribution in [1.82, 2.24) is 4.98 Å². The largest absolute Gasteiger partial charge is 0.396 e. The van der Waals surface area contributed by atoms with Crippen LogP contribution in [0.5, 0.6) is 0 Å². The van der Waals surface area contributed by atoms with Crippen LogP contribution in [0, 0.1) is 6.92 Å². The Hall–Kier alpha value is -1.55. The number of nitrogens with one attached hydrogen (secondary N) is 1. The van der Waals surface area contributed by atoms with Crippen molar-refractivity contribution in [2.45, 2.75) is 19.9 Å². The van der Waals surface area contributed by atoms with E-state index in [1.54, 1.807) is 17.5 Å². The van der Waals surface area contributed by atoms with E-state index in [4.69, 9.17) is 5.73 Å². The maximum atomic E-state index is 5.83. The summed E-state index contributed by atoms with van der Waals surface area (Å²) in [6.07, 6.45) is 1.74. The number of hydrogen-bond donors (Lipinski definition) is 2. The minimum atomic E-state index is 0.232. The molecule has 0 aliphatic heterocycles. The van der Waals surface area contributed by atoms with Crippen molar-refractivity contribution in [3.8, 4) is 0 Å². The lowest BCUT2D eigenvalue weighted by atomic mass is 10.2. The van der Waals surface area contributed by atoms with Gasteiger partial charge in [0.05, 0.1) is 11.7 Å². The van der Waals surface area contributed by atoms with Gasteiger partial charge in [-0.05, 0) is 38.1 Å². The van der Waals surface area contributed by atoms with Gasteiger partial charge in [-0.3, -0.25) is 0 Å². The lowest BCUT2D eigenvalue weighted by Gasteiger charge is -2.14. The van der Waals surface area contributed by atoms with Gasteiger partial charge in [0.2, 0.25) is 0 Å². The maximum Gasteiger partial charge on any atom is 0.149 e. The van der Waals surface area contributed by atoms with Crippen molar-refractivity contribution in [3.05, 3.63) is 40.2 Å². The van der Waals surface area contributed by atoms with E-state index in [0.717, 1.165) is 5.82 Å². The quantitative estimate of drug-likeness (QED) is 0.856. The average molecular weight is 233 g/mol. The number of aromatic nitrogens is 1. The Balaban J connectivity index is 2.13. The topological polar surface area (TPSA) is 50.9 Å². The minimum Gasteiger partial charge on any atom is -0.396 e. The second-order valence-electron chi connectivity index (χ2n) is 3.76. The van der Waals surface area contributed by atoms with Gasteiger partial charge in [0.15, 0.2) is 0 Å². The molecule has 0 amide bonds. The van der Waals surface area contributed by atoms with E-state index in [-0.39, 0.29) is 6.04 Å². The molecule has 2 aromatic rings. The Bertz CT molecular complexity index is 479. The van der Waals surface area contributed by atoms with Crippen LogP contribution in [-0.4, -0.2) is 4.98 Å². The zero-order valence-corrected chi connectivity index (χ0v) is 10.2. The third kappa shape index (κ3) is 2.33. The molecule has 1 unspecified atom stereocenters. The van der Waals surface area contributed by atoms with E-state index in [9.17, 15) is 0 Å². The van der Waals surface area contributed by atoms with Crippen molar-refractivity contribution < 1.29 is 0 Å². The lowest BCUT2D eigenvalue weighted by Crippen LogP contribution is -2.08. The highest BCUT2D eigenvalue weighted by Gasteiger charge is 2.09. The summed E-state index contributed by atoms with van der Waals surface area (Å²) in [5.41, 5.74) is 6.51. The van der Waals surface area contributed by atoms with Crippen LogP contribution >= 0.6 is 11.3 Å². The first-order chi connectivity index (χ1) is 7.66. The molecule has 84 valence electrons. The molecule has 0 saturated carbocycles. The number of thiophene rings is 1. The molecule has 0 fully saturated rings. The lowest BCUT2D eigenvalue weighted by molar-refractivity contribution is 0.897. The van der Waals surface area contributed by atoms with E-state index >= 15 is 0 Å². The van der Waals surface area contributed by atoms with Crippen LogP contribution in [0.2, 0.25) is 0 Å². The van der Waals surface area contributed by atoms with Crippen LogP contribution in [0.1, 0.15) is 22.7 Å².